The van der Waals surface area contributed by atoms with Crippen LogP contribution >= 0.6 is 0 Å². The first-order valence-corrected chi connectivity index (χ1v) is 15.2. The molecule has 1 amide bonds. The van der Waals surface area contributed by atoms with Crippen molar-refractivity contribution in [3.63, 3.8) is 0 Å². The van der Waals surface area contributed by atoms with Crippen molar-refractivity contribution in [1.29, 1.82) is 0 Å². The highest BCUT2D eigenvalue weighted by Crippen LogP contribution is 2.46. The Hall–Kier alpha value is -3.10. The number of allylic oxidation sites excluding steroid dienone is 4. The van der Waals surface area contributed by atoms with E-state index in [2.05, 4.69) is 56.7 Å². The minimum absolute atomic E-state index is 0.107. The largest absolute Gasteiger partial charge is 0.370 e. The average molecular weight is 544 g/mol. The molecule has 8 heteroatoms. The lowest BCUT2D eigenvalue weighted by atomic mass is 9.74. The number of amides is 1. The number of fused-ring (bicyclic) bond motifs is 1. The molecule has 0 radical (unpaired) electrons. The number of carbonyl (C=O) groups is 1. The summed E-state index contributed by atoms with van der Waals surface area (Å²) >= 11 is 0. The second-order valence-corrected chi connectivity index (χ2v) is 12.2. The number of piperazine rings is 1. The minimum atomic E-state index is -0.107. The van der Waals surface area contributed by atoms with Gasteiger partial charge in [0, 0.05) is 83.2 Å². The number of nitrogens with zero attached hydrogens (tertiary/aromatic N) is 4. The Labute approximate surface area is 239 Å². The first kappa shape index (κ1) is 27.1. The molecule has 2 aliphatic carbocycles. The summed E-state index contributed by atoms with van der Waals surface area (Å²) in [4.78, 5) is 24.9. The van der Waals surface area contributed by atoms with Crippen LogP contribution in [0.15, 0.2) is 65.1 Å². The topological polar surface area (TPSA) is 75.8 Å². The van der Waals surface area contributed by atoms with Crippen molar-refractivity contribution in [3.05, 3.63) is 65.1 Å². The number of carbonyl (C=O) groups excluding carboxylic acids is 1. The lowest BCUT2D eigenvalue weighted by molar-refractivity contribution is -0.124. The van der Waals surface area contributed by atoms with E-state index in [1.165, 1.54) is 55.6 Å². The van der Waals surface area contributed by atoms with Crippen LogP contribution in [-0.4, -0.2) is 86.3 Å². The number of rotatable bonds is 6. The van der Waals surface area contributed by atoms with Crippen molar-refractivity contribution in [1.82, 2.24) is 25.4 Å². The van der Waals surface area contributed by atoms with E-state index in [0.717, 1.165) is 61.6 Å². The van der Waals surface area contributed by atoms with Crippen molar-refractivity contribution in [3.8, 4) is 0 Å². The van der Waals surface area contributed by atoms with Crippen molar-refractivity contribution in [2.24, 2.45) is 5.92 Å². The van der Waals surface area contributed by atoms with Crippen molar-refractivity contribution in [2.45, 2.75) is 57.2 Å². The fourth-order valence-electron chi connectivity index (χ4n) is 7.23. The van der Waals surface area contributed by atoms with Crippen molar-refractivity contribution >= 4 is 17.4 Å². The highest BCUT2D eigenvalue weighted by Gasteiger charge is 2.35. The molecule has 6 rings (SSSR count). The number of pyridine rings is 1. The van der Waals surface area contributed by atoms with Gasteiger partial charge in [0.05, 0.1) is 11.9 Å². The molecule has 1 unspecified atom stereocenters. The second kappa shape index (κ2) is 11.8. The van der Waals surface area contributed by atoms with Gasteiger partial charge in [-0.2, -0.15) is 0 Å². The maximum atomic E-state index is 13.2. The maximum Gasteiger partial charge on any atom is 0.249 e. The molecule has 1 atom stereocenters. The zero-order valence-electron chi connectivity index (χ0n) is 24.2. The van der Waals surface area contributed by atoms with Gasteiger partial charge in [0.25, 0.3) is 0 Å². The molecule has 8 nitrogen and oxygen atoms in total. The van der Waals surface area contributed by atoms with Gasteiger partial charge in [-0.3, -0.25) is 9.69 Å². The van der Waals surface area contributed by atoms with Crippen LogP contribution in [0.3, 0.4) is 0 Å². The van der Waals surface area contributed by atoms with E-state index in [1.807, 2.05) is 20.3 Å². The third-order valence-corrected chi connectivity index (χ3v) is 9.39. The van der Waals surface area contributed by atoms with E-state index in [0.29, 0.717) is 18.4 Å². The summed E-state index contributed by atoms with van der Waals surface area (Å²) in [5.41, 5.74) is 6.69. The summed E-state index contributed by atoms with van der Waals surface area (Å²) in [6.07, 6.45) is 14.0. The van der Waals surface area contributed by atoms with Gasteiger partial charge in [-0.1, -0.05) is 19.4 Å². The highest BCUT2D eigenvalue weighted by atomic mass is 16.2. The zero-order valence-corrected chi connectivity index (χ0v) is 24.2. The fourth-order valence-corrected chi connectivity index (χ4v) is 7.23. The van der Waals surface area contributed by atoms with E-state index in [-0.39, 0.29) is 12.1 Å². The average Bonchev–Trinajstić information content (AvgIpc) is 3.52. The van der Waals surface area contributed by atoms with Gasteiger partial charge in [0.15, 0.2) is 0 Å². The monoisotopic (exact) mass is 543 g/mol. The van der Waals surface area contributed by atoms with Crippen LogP contribution in [0.5, 0.6) is 0 Å². The molecule has 1 aromatic rings. The highest BCUT2D eigenvalue weighted by molar-refractivity contribution is 5.97. The van der Waals surface area contributed by atoms with Crippen molar-refractivity contribution in [2.75, 3.05) is 63.6 Å². The molecule has 0 bridgehead atoms. The predicted octanol–water partition coefficient (Wildman–Crippen LogP) is 3.64. The first-order valence-electron chi connectivity index (χ1n) is 15.2. The van der Waals surface area contributed by atoms with Gasteiger partial charge in [0.1, 0.15) is 12.0 Å². The van der Waals surface area contributed by atoms with Crippen LogP contribution in [0.2, 0.25) is 0 Å². The molecule has 0 spiro atoms. The first-order chi connectivity index (χ1) is 19.5. The molecular formula is C32H45N7O. The summed E-state index contributed by atoms with van der Waals surface area (Å²) in [6, 6.07) is 4.99. The summed E-state index contributed by atoms with van der Waals surface area (Å²) in [5, 5.41) is 10.5. The lowest BCUT2D eigenvalue weighted by Gasteiger charge is -2.41. The SMILES string of the molecule is C=C1CC(C(=O)N(C)C)=C(C2CCCC2)C2=CC(Nc3ccc(N4CCC(N5CCNCC5)CC4)cn3)NC=C12. The van der Waals surface area contributed by atoms with E-state index in [4.69, 9.17) is 4.98 Å². The van der Waals surface area contributed by atoms with Crippen LogP contribution in [0.1, 0.15) is 44.9 Å². The van der Waals surface area contributed by atoms with Gasteiger partial charge in [-0.05, 0) is 66.5 Å². The molecule has 4 heterocycles. The number of likely N-dealkylation sites (N-methyl/N-ethyl adjacent to an activating group) is 1. The Morgan fingerprint density at radius 2 is 1.80 bits per heavy atom. The number of piperidine rings is 1. The van der Waals surface area contributed by atoms with E-state index >= 15 is 0 Å². The molecule has 3 aliphatic heterocycles. The molecule has 0 aromatic carbocycles. The number of anilines is 2. The Morgan fingerprint density at radius 1 is 1.05 bits per heavy atom. The van der Waals surface area contributed by atoms with Crippen LogP contribution in [0, 0.1) is 5.92 Å². The minimum Gasteiger partial charge on any atom is -0.370 e. The molecule has 1 saturated carbocycles. The summed E-state index contributed by atoms with van der Waals surface area (Å²) < 4.78 is 0. The number of nitrogens with one attached hydrogen (secondary N) is 3. The van der Waals surface area contributed by atoms with Crippen LogP contribution in [0.4, 0.5) is 11.5 Å². The quantitative estimate of drug-likeness (QED) is 0.506. The van der Waals surface area contributed by atoms with Gasteiger partial charge < -0.3 is 25.8 Å². The fraction of sp³-hybridized carbons (Fsp3) is 0.562. The van der Waals surface area contributed by atoms with E-state index < -0.39 is 0 Å². The molecule has 2 saturated heterocycles. The summed E-state index contributed by atoms with van der Waals surface area (Å²) in [5.74, 6) is 1.39. The third kappa shape index (κ3) is 5.56. The van der Waals surface area contributed by atoms with Gasteiger partial charge in [0.2, 0.25) is 5.91 Å². The maximum absolute atomic E-state index is 13.2. The van der Waals surface area contributed by atoms with E-state index in [9.17, 15) is 4.79 Å². The standard InChI is InChI=1S/C32H45N7O/c1-22-18-27(32(40)37(2)3)31(23-6-4-5-7-23)26-19-30(35-21-28(22)26)36-29-9-8-25(20-34-29)38-14-10-24(11-15-38)39-16-12-33-13-17-39/h8-9,19-21,23-24,30,33,35H,1,4-7,10-18H2,2-3H3,(H,34,36). The normalized spacial score (nSPS) is 24.8. The predicted molar refractivity (Wildman–Crippen MR) is 162 cm³/mol. The molecule has 5 aliphatic rings. The summed E-state index contributed by atoms with van der Waals surface area (Å²) in [6.45, 7) is 11.1. The van der Waals surface area contributed by atoms with E-state index in [1.54, 1.807) is 4.90 Å². The molecule has 3 N–H and O–H groups in total. The lowest BCUT2D eigenvalue weighted by Crippen LogP contribution is -2.52. The number of hydrogen-bond acceptors (Lipinski definition) is 7. The second-order valence-electron chi connectivity index (χ2n) is 12.2. The Morgan fingerprint density at radius 3 is 2.48 bits per heavy atom. The third-order valence-electron chi connectivity index (χ3n) is 9.39. The number of dihydropyridines is 1. The molecular weight excluding hydrogens is 498 g/mol. The van der Waals surface area contributed by atoms with Gasteiger partial charge in [-0.15, -0.1) is 0 Å². The van der Waals surface area contributed by atoms with Crippen LogP contribution in [-0.2, 0) is 4.79 Å². The van der Waals surface area contributed by atoms with Gasteiger partial charge >= 0.3 is 0 Å². The Balaban J connectivity index is 1.15. The molecule has 1 aromatic heterocycles. The number of hydrogen-bond donors (Lipinski definition) is 3. The number of aromatic nitrogens is 1. The molecule has 40 heavy (non-hydrogen) atoms. The molecule has 3 fully saturated rings. The Bertz CT molecular complexity index is 1190. The molecule has 214 valence electrons. The van der Waals surface area contributed by atoms with Crippen molar-refractivity contribution < 1.29 is 4.79 Å². The summed E-state index contributed by atoms with van der Waals surface area (Å²) in [7, 11) is 3.70. The Kier molecular flexibility index (Phi) is 7.98. The van der Waals surface area contributed by atoms with Crippen LogP contribution in [0.25, 0.3) is 0 Å². The smallest absolute Gasteiger partial charge is 0.249 e. The van der Waals surface area contributed by atoms with Crippen LogP contribution < -0.4 is 20.9 Å². The van der Waals surface area contributed by atoms with Gasteiger partial charge in [-0.25, -0.2) is 4.98 Å². The zero-order chi connectivity index (χ0) is 27.6.